The highest BCUT2D eigenvalue weighted by Crippen LogP contribution is 2.48. The average molecular weight is 937 g/mol. The molecular weight excluding hydrogens is 872 g/mol. The fraction of sp³-hybridized carbons (Fsp3) is 0.532. The first-order valence-corrected chi connectivity index (χ1v) is 24.0. The first-order valence-electron chi connectivity index (χ1n) is 22.5. The smallest absolute Gasteiger partial charge is 0.459 e. The van der Waals surface area contributed by atoms with E-state index in [4.69, 9.17) is 38.5 Å². The Balaban J connectivity index is 1.36. The topological polar surface area (TPSA) is 230 Å². The fourth-order valence-corrected chi connectivity index (χ4v) is 8.60. The first-order chi connectivity index (χ1) is 31.4. The van der Waals surface area contributed by atoms with Crippen molar-refractivity contribution >= 4 is 43.1 Å². The second kappa shape index (κ2) is 23.8. The number of fused-ring (bicyclic) bond motifs is 1. The van der Waals surface area contributed by atoms with Gasteiger partial charge in [-0.05, 0) is 67.5 Å². The summed E-state index contributed by atoms with van der Waals surface area (Å²) in [5.41, 5.74) is 7.56. The Bertz CT molecular complexity index is 2270. The van der Waals surface area contributed by atoms with E-state index in [-0.39, 0.29) is 50.1 Å². The standard InChI is InChI=1S/C47H65N6O12P/c1-9-33(10-2)26-60-44(55)32(7)52-66(58,62-28-40-39(63-43(54)31(5)6)25-47(8,64-40)41-21-20-38-42(48)49-29-50-53(38)41)65-36-18-16-34(17-19-36)24-37(45(56)59-23-22-30(3)4)51-46(57)61-27-35-14-12-11-13-15-35/h11-21,29-33,37,39-40H,9-10,22-28H2,1-8H3,(H,51,57)(H,52,58)(H2,48,49,50)/t32-,37-,39-,40+,47+,66?/m0/s1. The maximum absolute atomic E-state index is 14.8. The second-order valence-electron chi connectivity index (χ2n) is 17.4. The van der Waals surface area contributed by atoms with Crippen LogP contribution >= 0.6 is 7.75 Å². The average Bonchev–Trinajstić information content (AvgIpc) is 3.88. The van der Waals surface area contributed by atoms with Crippen LogP contribution < -0.4 is 20.7 Å². The van der Waals surface area contributed by atoms with Gasteiger partial charge < -0.3 is 39.3 Å². The molecule has 4 N–H and O–H groups in total. The van der Waals surface area contributed by atoms with Crippen molar-refractivity contribution in [2.24, 2.45) is 17.8 Å². The number of nitrogens with two attached hydrogens (primary N) is 1. The summed E-state index contributed by atoms with van der Waals surface area (Å²) in [5, 5.41) is 9.73. The van der Waals surface area contributed by atoms with E-state index >= 15 is 0 Å². The molecule has 360 valence electrons. The van der Waals surface area contributed by atoms with Gasteiger partial charge in [0.2, 0.25) is 0 Å². The zero-order valence-corrected chi connectivity index (χ0v) is 40.0. The Hall–Kier alpha value is -5.55. The monoisotopic (exact) mass is 936 g/mol. The van der Waals surface area contributed by atoms with Crippen LogP contribution in [0, 0.1) is 17.8 Å². The van der Waals surface area contributed by atoms with Crippen LogP contribution in [0.1, 0.15) is 97.9 Å². The van der Waals surface area contributed by atoms with E-state index in [1.54, 1.807) is 42.6 Å². The van der Waals surface area contributed by atoms with Crippen LogP contribution in [0.2, 0.25) is 0 Å². The third-order valence-electron chi connectivity index (χ3n) is 11.2. The summed E-state index contributed by atoms with van der Waals surface area (Å²) in [7, 11) is -4.48. The Morgan fingerprint density at radius 2 is 1.62 bits per heavy atom. The lowest BCUT2D eigenvalue weighted by Crippen LogP contribution is -2.43. The Morgan fingerprint density at radius 1 is 0.909 bits per heavy atom. The quantitative estimate of drug-likeness (QED) is 0.0351. The number of benzene rings is 2. The number of anilines is 1. The summed E-state index contributed by atoms with van der Waals surface area (Å²) in [6.45, 7) is 14.7. The lowest BCUT2D eigenvalue weighted by atomic mass is 9.96. The molecule has 0 bridgehead atoms. The van der Waals surface area contributed by atoms with Crippen LogP contribution in [-0.2, 0) is 65.8 Å². The first kappa shape index (κ1) is 51.4. The molecule has 2 aromatic carbocycles. The van der Waals surface area contributed by atoms with Gasteiger partial charge in [0.15, 0.2) is 5.82 Å². The molecule has 0 saturated carbocycles. The van der Waals surface area contributed by atoms with Crippen molar-refractivity contribution < 1.29 is 56.5 Å². The van der Waals surface area contributed by atoms with Crippen molar-refractivity contribution in [1.82, 2.24) is 25.0 Å². The molecule has 1 unspecified atom stereocenters. The van der Waals surface area contributed by atoms with E-state index in [9.17, 15) is 23.7 Å². The van der Waals surface area contributed by atoms with E-state index in [2.05, 4.69) is 20.5 Å². The van der Waals surface area contributed by atoms with Crippen LogP contribution in [0.25, 0.3) is 5.52 Å². The van der Waals surface area contributed by atoms with Gasteiger partial charge in [-0.1, -0.05) is 96.8 Å². The van der Waals surface area contributed by atoms with Crippen LogP contribution in [0.3, 0.4) is 0 Å². The molecule has 4 aromatic rings. The summed E-state index contributed by atoms with van der Waals surface area (Å²) >= 11 is 0. The minimum absolute atomic E-state index is 0.00361. The summed E-state index contributed by atoms with van der Waals surface area (Å²) < 4.78 is 57.6. The number of alkyl carbamates (subject to hydrolysis) is 1. The molecule has 1 aliphatic rings. The van der Waals surface area contributed by atoms with Crippen LogP contribution in [0.4, 0.5) is 10.6 Å². The van der Waals surface area contributed by atoms with Crippen molar-refractivity contribution in [2.45, 2.75) is 124 Å². The zero-order valence-electron chi connectivity index (χ0n) is 39.1. The molecule has 2 aromatic heterocycles. The van der Waals surface area contributed by atoms with Gasteiger partial charge in [0.05, 0.1) is 31.4 Å². The second-order valence-corrected chi connectivity index (χ2v) is 19.1. The minimum atomic E-state index is -4.48. The Labute approximate surface area is 386 Å². The molecule has 18 nitrogen and oxygen atoms in total. The number of hydrogen-bond acceptors (Lipinski definition) is 15. The highest BCUT2D eigenvalue weighted by molar-refractivity contribution is 7.52. The predicted octanol–water partition coefficient (Wildman–Crippen LogP) is 7.47. The van der Waals surface area contributed by atoms with Gasteiger partial charge in [-0.2, -0.15) is 10.2 Å². The van der Waals surface area contributed by atoms with Gasteiger partial charge in [0.1, 0.15) is 54.1 Å². The number of amides is 1. The maximum atomic E-state index is 14.8. The van der Waals surface area contributed by atoms with Crippen molar-refractivity contribution in [3.8, 4) is 5.75 Å². The Morgan fingerprint density at radius 3 is 2.29 bits per heavy atom. The van der Waals surface area contributed by atoms with Crippen molar-refractivity contribution in [3.63, 3.8) is 0 Å². The number of carbonyl (C=O) groups excluding carboxylic acids is 4. The van der Waals surface area contributed by atoms with Crippen LogP contribution in [0.15, 0.2) is 73.1 Å². The van der Waals surface area contributed by atoms with E-state index in [1.165, 1.54) is 25.4 Å². The third kappa shape index (κ3) is 14.5. The molecule has 1 amide bonds. The van der Waals surface area contributed by atoms with Crippen LogP contribution in [0.5, 0.6) is 5.75 Å². The largest absolute Gasteiger partial charge is 0.464 e. The molecule has 5 rings (SSSR count). The number of rotatable bonds is 24. The molecule has 0 radical (unpaired) electrons. The van der Waals surface area contributed by atoms with E-state index < -0.39 is 74.2 Å². The van der Waals surface area contributed by atoms with E-state index in [1.807, 2.05) is 65.0 Å². The number of esters is 3. The number of carbonyl (C=O) groups is 4. The van der Waals surface area contributed by atoms with E-state index in [0.717, 1.165) is 18.4 Å². The molecule has 3 heterocycles. The molecule has 0 spiro atoms. The highest BCUT2D eigenvalue weighted by Gasteiger charge is 2.49. The molecule has 19 heteroatoms. The van der Waals surface area contributed by atoms with Gasteiger partial charge in [0.25, 0.3) is 0 Å². The molecule has 1 fully saturated rings. The number of hydrogen-bond donors (Lipinski definition) is 3. The maximum Gasteiger partial charge on any atom is 0.459 e. The van der Waals surface area contributed by atoms with Crippen LogP contribution in [-0.4, -0.2) is 82.7 Å². The van der Waals surface area contributed by atoms with Crippen molar-refractivity contribution in [1.29, 1.82) is 0 Å². The van der Waals surface area contributed by atoms with E-state index in [0.29, 0.717) is 29.1 Å². The Kier molecular flexibility index (Phi) is 18.5. The normalized spacial score (nSPS) is 19.0. The van der Waals surface area contributed by atoms with Gasteiger partial charge in [0, 0.05) is 12.8 Å². The predicted molar refractivity (Wildman–Crippen MR) is 245 cm³/mol. The van der Waals surface area contributed by atoms with Gasteiger partial charge in [-0.15, -0.1) is 0 Å². The summed E-state index contributed by atoms with van der Waals surface area (Å²) in [4.78, 5) is 56.5. The van der Waals surface area contributed by atoms with Crippen molar-refractivity contribution in [2.75, 3.05) is 25.6 Å². The zero-order chi connectivity index (χ0) is 48.0. The number of nitrogens with one attached hydrogen (secondary N) is 2. The molecular formula is C47H65N6O12P. The highest BCUT2D eigenvalue weighted by atomic mass is 31.2. The SMILES string of the molecule is CCC(CC)COC(=O)[C@H](C)NP(=O)(OC[C@H]1O[C@@](C)(c2ccc3c(N)ncnn23)C[C@@H]1OC(=O)C(C)C)Oc1ccc(C[C@H](NC(=O)OCc2ccccc2)C(=O)OCCC(C)C)cc1. The number of ether oxygens (including phenoxy) is 5. The minimum Gasteiger partial charge on any atom is -0.464 e. The summed E-state index contributed by atoms with van der Waals surface area (Å²) in [6, 6.07) is 16.7. The third-order valence-corrected chi connectivity index (χ3v) is 12.9. The molecule has 1 saturated heterocycles. The molecule has 0 aliphatic carbocycles. The molecule has 66 heavy (non-hydrogen) atoms. The lowest BCUT2D eigenvalue weighted by molar-refractivity contribution is -0.157. The fourth-order valence-electron chi connectivity index (χ4n) is 7.09. The number of nitrogen functional groups attached to an aromatic ring is 1. The summed E-state index contributed by atoms with van der Waals surface area (Å²) in [5.74, 6) is -1.44. The number of aromatic nitrogens is 3. The lowest BCUT2D eigenvalue weighted by Gasteiger charge is -2.27. The number of nitrogens with zero attached hydrogens (tertiary/aromatic N) is 3. The van der Waals surface area contributed by atoms with Gasteiger partial charge >= 0.3 is 31.7 Å². The molecule has 6 atom stereocenters. The van der Waals surface area contributed by atoms with Crippen molar-refractivity contribution in [3.05, 3.63) is 89.9 Å². The van der Waals surface area contributed by atoms with Gasteiger partial charge in [-0.25, -0.2) is 23.7 Å². The molecule has 1 aliphatic heterocycles. The van der Waals surface area contributed by atoms with Gasteiger partial charge in [-0.3, -0.25) is 14.1 Å². The summed E-state index contributed by atoms with van der Waals surface area (Å²) in [6.07, 6.45) is 1.16.